The second kappa shape index (κ2) is 5.15. The van der Waals surface area contributed by atoms with Crippen LogP contribution in [0.4, 0.5) is 6.01 Å². The standard InChI is InChI=1S/C16H20N4O/c1-19-10-9-13-7-8-14(11-19)20(13)16-17-15(18-21-16)12-5-3-2-4-6-12/h2-6,13-14H,7-11H2,1H3/t13-,14+/m1/s1. The fourth-order valence-electron chi connectivity index (χ4n) is 3.58. The Hall–Kier alpha value is -1.88. The first-order valence-corrected chi connectivity index (χ1v) is 7.67. The van der Waals surface area contributed by atoms with Gasteiger partial charge in [0.05, 0.1) is 0 Å². The zero-order valence-electron chi connectivity index (χ0n) is 12.3. The van der Waals surface area contributed by atoms with Gasteiger partial charge in [-0.05, 0) is 32.9 Å². The molecule has 0 unspecified atom stereocenters. The monoisotopic (exact) mass is 284 g/mol. The third kappa shape index (κ3) is 2.31. The van der Waals surface area contributed by atoms with Gasteiger partial charge in [0.15, 0.2) is 0 Å². The van der Waals surface area contributed by atoms with E-state index in [1.165, 1.54) is 19.3 Å². The van der Waals surface area contributed by atoms with Crippen molar-refractivity contribution in [1.82, 2.24) is 15.0 Å². The molecular weight excluding hydrogens is 264 g/mol. The normalized spacial score (nSPS) is 26.0. The minimum Gasteiger partial charge on any atom is -0.317 e. The van der Waals surface area contributed by atoms with Crippen molar-refractivity contribution in [3.63, 3.8) is 0 Å². The van der Waals surface area contributed by atoms with E-state index in [0.29, 0.717) is 23.9 Å². The van der Waals surface area contributed by atoms with E-state index in [4.69, 9.17) is 4.52 Å². The summed E-state index contributed by atoms with van der Waals surface area (Å²) in [5.41, 5.74) is 1.01. The van der Waals surface area contributed by atoms with Gasteiger partial charge in [0.1, 0.15) is 0 Å². The Morgan fingerprint density at radius 1 is 1.10 bits per heavy atom. The summed E-state index contributed by atoms with van der Waals surface area (Å²) in [5, 5.41) is 4.17. The van der Waals surface area contributed by atoms with E-state index in [2.05, 4.69) is 27.0 Å². The van der Waals surface area contributed by atoms with Gasteiger partial charge in [0.25, 0.3) is 0 Å². The highest BCUT2D eigenvalue weighted by Crippen LogP contribution is 2.34. The van der Waals surface area contributed by atoms with Crippen molar-refractivity contribution in [2.24, 2.45) is 0 Å². The highest BCUT2D eigenvalue weighted by atomic mass is 16.5. The minimum absolute atomic E-state index is 0.506. The lowest BCUT2D eigenvalue weighted by Gasteiger charge is -2.25. The number of likely N-dealkylation sites (N-methyl/N-ethyl adjacent to an activating group) is 1. The second-order valence-corrected chi connectivity index (χ2v) is 6.11. The maximum atomic E-state index is 5.58. The summed E-state index contributed by atoms with van der Waals surface area (Å²) >= 11 is 0. The molecule has 1 aromatic heterocycles. The van der Waals surface area contributed by atoms with Crippen LogP contribution >= 0.6 is 0 Å². The van der Waals surface area contributed by atoms with E-state index >= 15 is 0 Å². The van der Waals surface area contributed by atoms with Gasteiger partial charge in [0.2, 0.25) is 5.82 Å². The molecule has 2 saturated heterocycles. The van der Waals surface area contributed by atoms with E-state index in [-0.39, 0.29) is 0 Å². The molecule has 2 aliphatic rings. The zero-order valence-corrected chi connectivity index (χ0v) is 12.3. The van der Waals surface area contributed by atoms with Gasteiger partial charge in [-0.3, -0.25) is 0 Å². The van der Waals surface area contributed by atoms with Crippen LogP contribution in [0.25, 0.3) is 11.4 Å². The van der Waals surface area contributed by atoms with Crippen LogP contribution in [0.5, 0.6) is 0 Å². The summed E-state index contributed by atoms with van der Waals surface area (Å²) in [6.07, 6.45) is 3.63. The molecule has 1 aromatic carbocycles. The molecule has 110 valence electrons. The van der Waals surface area contributed by atoms with Crippen LogP contribution in [0.2, 0.25) is 0 Å². The largest absolute Gasteiger partial charge is 0.324 e. The molecule has 0 saturated carbocycles. The second-order valence-electron chi connectivity index (χ2n) is 6.11. The molecule has 2 atom stereocenters. The molecule has 4 rings (SSSR count). The number of hydrogen-bond donors (Lipinski definition) is 0. The van der Waals surface area contributed by atoms with Crippen molar-refractivity contribution in [2.45, 2.75) is 31.3 Å². The summed E-state index contributed by atoms with van der Waals surface area (Å²) in [6, 6.07) is 11.8. The van der Waals surface area contributed by atoms with Crippen LogP contribution < -0.4 is 4.90 Å². The summed E-state index contributed by atoms with van der Waals surface area (Å²) < 4.78 is 5.58. The Morgan fingerprint density at radius 3 is 2.76 bits per heavy atom. The quantitative estimate of drug-likeness (QED) is 0.847. The first-order valence-electron chi connectivity index (χ1n) is 7.67. The maximum absolute atomic E-state index is 5.58. The lowest BCUT2D eigenvalue weighted by molar-refractivity contribution is 0.313. The molecule has 0 N–H and O–H groups in total. The Morgan fingerprint density at radius 2 is 1.90 bits per heavy atom. The SMILES string of the molecule is CN1CC[C@H]2CC[C@@H](C1)N2c1nc(-c2ccccc2)no1. The highest BCUT2D eigenvalue weighted by Gasteiger charge is 2.39. The number of anilines is 1. The van der Waals surface area contributed by atoms with E-state index in [1.807, 2.05) is 30.3 Å². The van der Waals surface area contributed by atoms with Crippen LogP contribution in [0.3, 0.4) is 0 Å². The van der Waals surface area contributed by atoms with Crippen LogP contribution in [-0.4, -0.2) is 47.3 Å². The van der Waals surface area contributed by atoms with Crippen LogP contribution in [0, 0.1) is 0 Å². The Labute approximate surface area is 124 Å². The van der Waals surface area contributed by atoms with Crippen LogP contribution in [-0.2, 0) is 0 Å². The summed E-state index contributed by atoms with van der Waals surface area (Å²) in [7, 11) is 2.20. The first-order chi connectivity index (χ1) is 10.3. The summed E-state index contributed by atoms with van der Waals surface area (Å²) in [5.74, 6) is 0.683. The van der Waals surface area contributed by atoms with Gasteiger partial charge in [0, 0.05) is 24.2 Å². The predicted octanol–water partition coefficient (Wildman–Crippen LogP) is 2.41. The predicted molar refractivity (Wildman–Crippen MR) is 81.1 cm³/mol. The molecule has 5 nitrogen and oxygen atoms in total. The van der Waals surface area contributed by atoms with Gasteiger partial charge in [-0.25, -0.2) is 0 Å². The van der Waals surface area contributed by atoms with Crippen molar-refractivity contribution in [2.75, 3.05) is 25.0 Å². The lowest BCUT2D eigenvalue weighted by Crippen LogP contribution is -2.38. The molecule has 2 fully saturated rings. The average molecular weight is 284 g/mol. The number of benzene rings is 1. The average Bonchev–Trinajstić information content (AvgIpc) is 3.08. The number of likely N-dealkylation sites (tertiary alicyclic amines) is 1. The summed E-state index contributed by atoms with van der Waals surface area (Å²) in [4.78, 5) is 9.41. The Bertz CT molecular complexity index is 612. The van der Waals surface area contributed by atoms with E-state index in [9.17, 15) is 0 Å². The van der Waals surface area contributed by atoms with E-state index in [0.717, 1.165) is 18.7 Å². The third-order valence-electron chi connectivity index (χ3n) is 4.65. The Kier molecular flexibility index (Phi) is 3.15. The smallest absolute Gasteiger partial charge is 0.317 e. The molecule has 5 heteroatoms. The van der Waals surface area contributed by atoms with Crippen LogP contribution in [0.15, 0.2) is 34.9 Å². The topological polar surface area (TPSA) is 45.4 Å². The number of rotatable bonds is 2. The van der Waals surface area contributed by atoms with E-state index < -0.39 is 0 Å². The maximum Gasteiger partial charge on any atom is 0.324 e. The molecule has 0 amide bonds. The van der Waals surface area contributed by atoms with Crippen molar-refractivity contribution < 1.29 is 4.52 Å². The highest BCUT2D eigenvalue weighted by molar-refractivity contribution is 5.55. The number of nitrogens with zero attached hydrogens (tertiary/aromatic N) is 4. The molecule has 0 radical (unpaired) electrons. The molecule has 0 aliphatic carbocycles. The fraction of sp³-hybridized carbons (Fsp3) is 0.500. The van der Waals surface area contributed by atoms with Crippen LogP contribution in [0.1, 0.15) is 19.3 Å². The Balaban J connectivity index is 1.63. The van der Waals surface area contributed by atoms with E-state index in [1.54, 1.807) is 0 Å². The van der Waals surface area contributed by atoms with Gasteiger partial charge in [-0.2, -0.15) is 4.98 Å². The molecule has 0 spiro atoms. The minimum atomic E-state index is 0.506. The molecule has 2 aliphatic heterocycles. The lowest BCUT2D eigenvalue weighted by atomic mass is 10.1. The van der Waals surface area contributed by atoms with Crippen molar-refractivity contribution in [3.05, 3.63) is 30.3 Å². The zero-order chi connectivity index (χ0) is 14.2. The van der Waals surface area contributed by atoms with Crippen molar-refractivity contribution in [3.8, 4) is 11.4 Å². The first kappa shape index (κ1) is 12.8. The van der Waals surface area contributed by atoms with Gasteiger partial charge in [-0.15, -0.1) is 0 Å². The van der Waals surface area contributed by atoms with Gasteiger partial charge >= 0.3 is 6.01 Å². The number of hydrogen-bond acceptors (Lipinski definition) is 5. The molecule has 2 bridgehead atoms. The molecular formula is C16H20N4O. The number of aromatic nitrogens is 2. The fourth-order valence-corrected chi connectivity index (χ4v) is 3.58. The van der Waals surface area contributed by atoms with Crippen molar-refractivity contribution in [1.29, 1.82) is 0 Å². The number of fused-ring (bicyclic) bond motifs is 2. The van der Waals surface area contributed by atoms with Crippen molar-refractivity contribution >= 4 is 6.01 Å². The third-order valence-corrected chi connectivity index (χ3v) is 4.65. The van der Waals surface area contributed by atoms with Gasteiger partial charge < -0.3 is 14.3 Å². The molecule has 3 heterocycles. The van der Waals surface area contributed by atoms with Gasteiger partial charge in [-0.1, -0.05) is 35.5 Å². The molecule has 2 aromatic rings. The summed E-state index contributed by atoms with van der Waals surface area (Å²) in [6.45, 7) is 2.23. The molecule has 21 heavy (non-hydrogen) atoms.